The van der Waals surface area contributed by atoms with Crippen LogP contribution >= 0.6 is 0 Å². The normalized spacial score (nSPS) is 15.4. The van der Waals surface area contributed by atoms with Crippen molar-refractivity contribution in [1.29, 1.82) is 0 Å². The van der Waals surface area contributed by atoms with Gasteiger partial charge in [-0.2, -0.15) is 5.10 Å². The molecule has 144 valence electrons. The number of anilines is 2. The average Bonchev–Trinajstić information content (AvgIpc) is 3.49. The summed E-state index contributed by atoms with van der Waals surface area (Å²) in [6.07, 6.45) is 11.7. The molecule has 5 heterocycles. The van der Waals surface area contributed by atoms with Crippen LogP contribution in [0.3, 0.4) is 0 Å². The minimum absolute atomic E-state index is 0.694. The lowest BCUT2D eigenvalue weighted by Gasteiger charge is -2.19. The van der Waals surface area contributed by atoms with Gasteiger partial charge in [0.1, 0.15) is 5.69 Å². The van der Waals surface area contributed by atoms with Crippen molar-refractivity contribution in [3.63, 3.8) is 0 Å². The standard InChI is InChI=1S/C19H19N7.C2H6/c1-14-17-12-26(16-10-21-19(22-11-16)24-7-2-3-8-24)23-18(17)13-25(14)15-5-4-6-20-9-15;1-2/h4-6,9-12H,1-3,7-8,13H2;1-2H3. The molecule has 7 heteroatoms. The van der Waals surface area contributed by atoms with Crippen LogP contribution in [0.5, 0.6) is 0 Å². The number of fused-ring (bicyclic) bond motifs is 1. The summed E-state index contributed by atoms with van der Waals surface area (Å²) in [6, 6.07) is 3.96. The zero-order valence-corrected chi connectivity index (χ0v) is 16.4. The summed E-state index contributed by atoms with van der Waals surface area (Å²) in [5.41, 5.74) is 4.89. The van der Waals surface area contributed by atoms with Gasteiger partial charge in [-0.1, -0.05) is 20.4 Å². The average molecular weight is 375 g/mol. The Balaban J connectivity index is 0.000000932. The summed E-state index contributed by atoms with van der Waals surface area (Å²) in [7, 11) is 0. The third-order valence-corrected chi connectivity index (χ3v) is 4.97. The topological polar surface area (TPSA) is 63.0 Å². The van der Waals surface area contributed by atoms with Crippen LogP contribution in [0.15, 0.2) is 49.7 Å². The molecule has 0 atom stereocenters. The summed E-state index contributed by atoms with van der Waals surface area (Å²) in [5, 5.41) is 4.71. The Labute approximate surface area is 165 Å². The van der Waals surface area contributed by atoms with E-state index in [1.165, 1.54) is 12.8 Å². The van der Waals surface area contributed by atoms with Crippen molar-refractivity contribution in [2.24, 2.45) is 0 Å². The van der Waals surface area contributed by atoms with Crippen molar-refractivity contribution in [2.45, 2.75) is 33.2 Å². The van der Waals surface area contributed by atoms with E-state index in [4.69, 9.17) is 5.10 Å². The van der Waals surface area contributed by atoms with Crippen molar-refractivity contribution >= 4 is 17.3 Å². The van der Waals surface area contributed by atoms with Crippen LogP contribution in [-0.2, 0) is 6.54 Å². The summed E-state index contributed by atoms with van der Waals surface area (Å²) in [4.78, 5) is 17.6. The van der Waals surface area contributed by atoms with Crippen LogP contribution in [0.1, 0.15) is 37.9 Å². The van der Waals surface area contributed by atoms with Crippen molar-refractivity contribution in [1.82, 2.24) is 24.7 Å². The minimum atomic E-state index is 0.694. The SMILES string of the molecule is C=C1c2cn(-c3cnc(N4CCCC4)nc3)nc2CN1c1cccnc1.CC. The molecule has 1 fully saturated rings. The van der Waals surface area contributed by atoms with Crippen molar-refractivity contribution in [2.75, 3.05) is 22.9 Å². The third kappa shape index (κ3) is 3.24. The maximum Gasteiger partial charge on any atom is 0.225 e. The molecule has 0 N–H and O–H groups in total. The van der Waals surface area contributed by atoms with E-state index in [0.29, 0.717) is 6.54 Å². The smallest absolute Gasteiger partial charge is 0.225 e. The van der Waals surface area contributed by atoms with E-state index in [0.717, 1.165) is 47.4 Å². The van der Waals surface area contributed by atoms with Crippen LogP contribution in [-0.4, -0.2) is 37.8 Å². The molecule has 0 spiro atoms. The zero-order chi connectivity index (χ0) is 19.5. The van der Waals surface area contributed by atoms with Crippen molar-refractivity contribution < 1.29 is 0 Å². The molecule has 0 bridgehead atoms. The lowest BCUT2D eigenvalue weighted by atomic mass is 10.2. The highest BCUT2D eigenvalue weighted by molar-refractivity contribution is 5.82. The first kappa shape index (κ1) is 18.2. The quantitative estimate of drug-likeness (QED) is 0.696. The third-order valence-electron chi connectivity index (χ3n) is 4.97. The van der Waals surface area contributed by atoms with Gasteiger partial charge in [0.05, 0.1) is 36.5 Å². The summed E-state index contributed by atoms with van der Waals surface area (Å²) in [6.45, 7) is 11.0. The highest BCUT2D eigenvalue weighted by Crippen LogP contribution is 2.35. The lowest BCUT2D eigenvalue weighted by molar-refractivity contribution is 0.812. The van der Waals surface area contributed by atoms with Crippen LogP contribution in [0.25, 0.3) is 11.4 Å². The van der Waals surface area contributed by atoms with E-state index < -0.39 is 0 Å². The molecule has 5 rings (SSSR count). The molecule has 0 amide bonds. The Bertz CT molecular complexity index is 941. The molecule has 2 aliphatic heterocycles. The molecule has 0 radical (unpaired) electrons. The Morgan fingerprint density at radius 2 is 1.75 bits per heavy atom. The molecule has 0 saturated carbocycles. The monoisotopic (exact) mass is 375 g/mol. The Morgan fingerprint density at radius 1 is 1.00 bits per heavy atom. The van der Waals surface area contributed by atoms with Gasteiger partial charge in [-0.15, -0.1) is 0 Å². The summed E-state index contributed by atoms with van der Waals surface area (Å²) < 4.78 is 1.84. The highest BCUT2D eigenvalue weighted by Gasteiger charge is 2.27. The van der Waals surface area contributed by atoms with Crippen LogP contribution in [0, 0.1) is 0 Å². The molecular formula is C21H25N7. The van der Waals surface area contributed by atoms with E-state index in [2.05, 4.69) is 31.3 Å². The maximum absolute atomic E-state index is 4.71. The number of nitrogens with zero attached hydrogens (tertiary/aromatic N) is 7. The van der Waals surface area contributed by atoms with Gasteiger partial charge >= 0.3 is 0 Å². The molecule has 0 aromatic carbocycles. The van der Waals surface area contributed by atoms with Gasteiger partial charge in [0.25, 0.3) is 0 Å². The molecule has 2 aliphatic rings. The summed E-state index contributed by atoms with van der Waals surface area (Å²) in [5.74, 6) is 0.804. The highest BCUT2D eigenvalue weighted by atomic mass is 15.3. The second-order valence-corrected chi connectivity index (χ2v) is 6.61. The molecule has 0 aliphatic carbocycles. The first-order chi connectivity index (χ1) is 13.8. The van der Waals surface area contributed by atoms with Crippen molar-refractivity contribution in [3.8, 4) is 5.69 Å². The van der Waals surface area contributed by atoms with E-state index in [9.17, 15) is 0 Å². The van der Waals surface area contributed by atoms with E-state index in [1.54, 1.807) is 6.20 Å². The number of pyridine rings is 1. The van der Waals surface area contributed by atoms with E-state index in [-0.39, 0.29) is 0 Å². The molecule has 3 aromatic heterocycles. The fraction of sp³-hybridized carbons (Fsp3) is 0.333. The predicted molar refractivity (Wildman–Crippen MR) is 111 cm³/mol. The van der Waals surface area contributed by atoms with Gasteiger partial charge in [-0.3, -0.25) is 4.98 Å². The van der Waals surface area contributed by atoms with Gasteiger partial charge in [-0.25, -0.2) is 14.6 Å². The maximum atomic E-state index is 4.71. The van der Waals surface area contributed by atoms with E-state index >= 15 is 0 Å². The molecule has 7 nitrogen and oxygen atoms in total. The molecule has 3 aromatic rings. The van der Waals surface area contributed by atoms with Gasteiger partial charge in [0.15, 0.2) is 0 Å². The molecule has 28 heavy (non-hydrogen) atoms. The van der Waals surface area contributed by atoms with Gasteiger partial charge in [-0.05, 0) is 25.0 Å². The largest absolute Gasteiger partial charge is 0.341 e. The second kappa shape index (κ2) is 7.80. The van der Waals surface area contributed by atoms with Crippen LogP contribution in [0.2, 0.25) is 0 Å². The zero-order valence-electron chi connectivity index (χ0n) is 16.4. The first-order valence-corrected chi connectivity index (χ1v) is 9.82. The van der Waals surface area contributed by atoms with E-state index in [1.807, 2.05) is 55.4 Å². The minimum Gasteiger partial charge on any atom is -0.341 e. The molecular weight excluding hydrogens is 350 g/mol. The van der Waals surface area contributed by atoms with Crippen LogP contribution in [0.4, 0.5) is 11.6 Å². The Morgan fingerprint density at radius 3 is 2.39 bits per heavy atom. The predicted octanol–water partition coefficient (Wildman–Crippen LogP) is 3.67. The first-order valence-electron chi connectivity index (χ1n) is 9.82. The Hall–Kier alpha value is -3.22. The number of hydrogen-bond acceptors (Lipinski definition) is 6. The fourth-order valence-corrected chi connectivity index (χ4v) is 3.56. The Kier molecular flexibility index (Phi) is 5.06. The molecule has 1 saturated heterocycles. The lowest BCUT2D eigenvalue weighted by Crippen LogP contribution is -2.20. The number of hydrogen-bond donors (Lipinski definition) is 0. The fourth-order valence-electron chi connectivity index (χ4n) is 3.56. The summed E-state index contributed by atoms with van der Waals surface area (Å²) >= 11 is 0. The van der Waals surface area contributed by atoms with Crippen LogP contribution < -0.4 is 9.80 Å². The second-order valence-electron chi connectivity index (χ2n) is 6.61. The van der Waals surface area contributed by atoms with Gasteiger partial charge in [0.2, 0.25) is 5.95 Å². The number of aromatic nitrogens is 5. The number of rotatable bonds is 3. The molecule has 0 unspecified atom stereocenters. The van der Waals surface area contributed by atoms with Gasteiger partial charge in [0, 0.05) is 36.7 Å². The van der Waals surface area contributed by atoms with Crippen molar-refractivity contribution in [3.05, 3.63) is 61.0 Å². The van der Waals surface area contributed by atoms with Gasteiger partial charge < -0.3 is 9.80 Å².